The Morgan fingerprint density at radius 3 is 2.85 bits per heavy atom. The average Bonchev–Trinajstić information content (AvgIpc) is 3.06. The minimum atomic E-state index is -2.66. The van der Waals surface area contributed by atoms with Crippen LogP contribution in [0, 0.1) is 0 Å². The first kappa shape index (κ1) is 13.7. The van der Waals surface area contributed by atoms with Crippen LogP contribution in [0.3, 0.4) is 0 Å². The number of hydrogen-bond donors (Lipinski definition) is 3. The van der Waals surface area contributed by atoms with Crippen LogP contribution in [0.25, 0.3) is 0 Å². The summed E-state index contributed by atoms with van der Waals surface area (Å²) in [6.07, 6.45) is -0.151. The average molecular weight is 284 g/mol. The molecule has 0 aliphatic carbocycles. The van der Waals surface area contributed by atoms with Crippen molar-refractivity contribution in [2.24, 2.45) is 0 Å². The number of rotatable bonds is 5. The van der Waals surface area contributed by atoms with Crippen molar-refractivity contribution in [3.05, 3.63) is 36.0 Å². The highest BCUT2D eigenvalue weighted by Crippen LogP contribution is 2.13. The first-order chi connectivity index (χ1) is 9.58. The van der Waals surface area contributed by atoms with Crippen molar-refractivity contribution in [3.8, 4) is 0 Å². The normalized spacial score (nSPS) is 10.6. The molecule has 0 aliphatic heterocycles. The van der Waals surface area contributed by atoms with Crippen LogP contribution in [-0.4, -0.2) is 35.0 Å². The van der Waals surface area contributed by atoms with E-state index in [0.717, 1.165) is 0 Å². The quantitative estimate of drug-likeness (QED) is 0.769. The topological polar surface area (TPSA) is 100 Å². The number of anilines is 1. The number of halogens is 2. The van der Waals surface area contributed by atoms with Crippen molar-refractivity contribution >= 4 is 17.5 Å². The zero-order valence-electron chi connectivity index (χ0n) is 10.0. The van der Waals surface area contributed by atoms with Gasteiger partial charge in [-0.3, -0.25) is 14.7 Å². The van der Waals surface area contributed by atoms with E-state index in [0.29, 0.717) is 0 Å². The van der Waals surface area contributed by atoms with Gasteiger partial charge in [0.15, 0.2) is 5.76 Å². The smallest absolute Gasteiger partial charge is 0.291 e. The third kappa shape index (κ3) is 3.19. The molecule has 20 heavy (non-hydrogen) atoms. The van der Waals surface area contributed by atoms with E-state index in [1.807, 2.05) is 5.32 Å². The predicted molar refractivity (Wildman–Crippen MR) is 63.6 cm³/mol. The largest absolute Gasteiger partial charge is 0.459 e. The van der Waals surface area contributed by atoms with Gasteiger partial charge in [0.1, 0.15) is 5.69 Å². The van der Waals surface area contributed by atoms with Crippen LogP contribution < -0.4 is 10.6 Å². The maximum atomic E-state index is 12.0. The summed E-state index contributed by atoms with van der Waals surface area (Å²) in [7, 11) is 0. The highest BCUT2D eigenvalue weighted by Gasteiger charge is 2.18. The Labute approximate surface area is 111 Å². The third-order valence-electron chi connectivity index (χ3n) is 2.28. The molecular weight excluding hydrogens is 274 g/mol. The standard InChI is InChI=1S/C11H10F2N4O3/c12-8(13)5-14-11(19)9-6(4-15-17-9)16-10(18)7-2-1-3-20-7/h1-4,8H,5H2,(H,14,19)(H,15,17)(H,16,18). The van der Waals surface area contributed by atoms with Crippen molar-refractivity contribution in [1.29, 1.82) is 0 Å². The summed E-state index contributed by atoms with van der Waals surface area (Å²) < 4.78 is 28.9. The highest BCUT2D eigenvalue weighted by molar-refractivity contribution is 6.06. The molecule has 2 rings (SSSR count). The summed E-state index contributed by atoms with van der Waals surface area (Å²) in [6.45, 7) is -0.788. The van der Waals surface area contributed by atoms with Gasteiger partial charge in [0.05, 0.1) is 24.7 Å². The molecule has 0 saturated heterocycles. The van der Waals surface area contributed by atoms with Crippen LogP contribution in [0.15, 0.2) is 29.0 Å². The van der Waals surface area contributed by atoms with Crippen molar-refractivity contribution < 1.29 is 22.8 Å². The second-order valence-electron chi connectivity index (χ2n) is 3.69. The second kappa shape index (κ2) is 5.95. The molecule has 0 spiro atoms. The SMILES string of the molecule is O=C(Nc1cn[nH]c1C(=O)NCC(F)F)c1ccco1. The number of H-pyrrole nitrogens is 1. The summed E-state index contributed by atoms with van der Waals surface area (Å²) in [5.41, 5.74) is -0.0521. The number of alkyl halides is 2. The molecule has 0 bridgehead atoms. The molecular formula is C11H10F2N4O3. The van der Waals surface area contributed by atoms with Crippen LogP contribution in [0.5, 0.6) is 0 Å². The van der Waals surface area contributed by atoms with Gasteiger partial charge in [-0.1, -0.05) is 0 Å². The number of nitrogens with one attached hydrogen (secondary N) is 3. The monoisotopic (exact) mass is 284 g/mol. The first-order valence-corrected chi connectivity index (χ1v) is 5.52. The van der Waals surface area contributed by atoms with E-state index in [1.165, 1.54) is 24.6 Å². The lowest BCUT2D eigenvalue weighted by Crippen LogP contribution is -2.29. The van der Waals surface area contributed by atoms with E-state index in [-0.39, 0.29) is 17.1 Å². The number of nitrogens with zero attached hydrogens (tertiary/aromatic N) is 1. The number of carbonyl (C=O) groups is 2. The number of carbonyl (C=O) groups excluding carboxylic acids is 2. The molecule has 0 aromatic carbocycles. The summed E-state index contributed by atoms with van der Waals surface area (Å²) in [5, 5.41) is 10.3. The summed E-state index contributed by atoms with van der Waals surface area (Å²) in [5.74, 6) is -1.33. The van der Waals surface area contributed by atoms with E-state index in [1.54, 1.807) is 0 Å². The molecule has 2 amide bonds. The van der Waals surface area contributed by atoms with E-state index in [4.69, 9.17) is 4.42 Å². The van der Waals surface area contributed by atoms with E-state index < -0.39 is 24.8 Å². The Morgan fingerprint density at radius 2 is 2.20 bits per heavy atom. The predicted octanol–water partition coefficient (Wildman–Crippen LogP) is 1.25. The van der Waals surface area contributed by atoms with Gasteiger partial charge >= 0.3 is 0 Å². The van der Waals surface area contributed by atoms with Gasteiger partial charge in [0.2, 0.25) is 0 Å². The van der Waals surface area contributed by atoms with Crippen LogP contribution in [0.1, 0.15) is 21.0 Å². The Bertz CT molecular complexity index is 595. The lowest BCUT2D eigenvalue weighted by atomic mass is 10.3. The van der Waals surface area contributed by atoms with Gasteiger partial charge in [-0.2, -0.15) is 5.10 Å². The zero-order valence-corrected chi connectivity index (χ0v) is 10.0. The zero-order chi connectivity index (χ0) is 14.5. The van der Waals surface area contributed by atoms with Gasteiger partial charge in [0.25, 0.3) is 18.2 Å². The minimum absolute atomic E-state index is 0.0464. The lowest BCUT2D eigenvalue weighted by Gasteiger charge is -2.05. The molecule has 0 radical (unpaired) electrons. The number of amides is 2. The summed E-state index contributed by atoms with van der Waals surface area (Å²) in [6, 6.07) is 2.96. The molecule has 0 aliphatic rings. The Kier molecular flexibility index (Phi) is 4.08. The first-order valence-electron chi connectivity index (χ1n) is 5.52. The molecule has 2 aromatic rings. The van der Waals surface area contributed by atoms with Crippen molar-refractivity contribution in [1.82, 2.24) is 15.5 Å². The number of furan rings is 1. The Balaban J connectivity index is 2.05. The molecule has 3 N–H and O–H groups in total. The van der Waals surface area contributed by atoms with Gasteiger partial charge in [-0.25, -0.2) is 8.78 Å². The molecule has 2 heterocycles. The number of hydrogen-bond acceptors (Lipinski definition) is 4. The summed E-state index contributed by atoms with van der Waals surface area (Å²) in [4.78, 5) is 23.3. The van der Waals surface area contributed by atoms with Crippen LogP contribution in [0.2, 0.25) is 0 Å². The van der Waals surface area contributed by atoms with Crippen molar-refractivity contribution in [2.45, 2.75) is 6.43 Å². The fourth-order valence-electron chi connectivity index (χ4n) is 1.40. The maximum Gasteiger partial charge on any atom is 0.291 e. The molecule has 0 fully saturated rings. The van der Waals surface area contributed by atoms with E-state index in [9.17, 15) is 18.4 Å². The highest BCUT2D eigenvalue weighted by atomic mass is 19.3. The second-order valence-corrected chi connectivity index (χ2v) is 3.69. The minimum Gasteiger partial charge on any atom is -0.459 e. The van der Waals surface area contributed by atoms with E-state index >= 15 is 0 Å². The molecule has 7 nitrogen and oxygen atoms in total. The molecule has 106 valence electrons. The van der Waals surface area contributed by atoms with Crippen molar-refractivity contribution in [2.75, 3.05) is 11.9 Å². The fourth-order valence-corrected chi connectivity index (χ4v) is 1.40. The molecule has 0 saturated carbocycles. The van der Waals surface area contributed by atoms with Crippen LogP contribution in [0.4, 0.5) is 14.5 Å². The Hall–Kier alpha value is -2.71. The third-order valence-corrected chi connectivity index (χ3v) is 2.28. The fraction of sp³-hybridized carbons (Fsp3) is 0.182. The van der Waals surface area contributed by atoms with Gasteiger partial charge < -0.3 is 15.1 Å². The maximum absolute atomic E-state index is 12.0. The molecule has 0 unspecified atom stereocenters. The van der Waals surface area contributed by atoms with Crippen LogP contribution in [-0.2, 0) is 0 Å². The molecule has 0 atom stereocenters. The Morgan fingerprint density at radius 1 is 1.40 bits per heavy atom. The van der Waals surface area contributed by atoms with Gasteiger partial charge in [0, 0.05) is 0 Å². The number of aromatic amines is 1. The summed E-state index contributed by atoms with van der Waals surface area (Å²) >= 11 is 0. The van der Waals surface area contributed by atoms with Gasteiger partial charge in [-0.15, -0.1) is 0 Å². The van der Waals surface area contributed by atoms with Gasteiger partial charge in [-0.05, 0) is 12.1 Å². The molecule has 9 heteroatoms. The number of aromatic nitrogens is 2. The molecule has 2 aromatic heterocycles. The van der Waals surface area contributed by atoms with E-state index in [2.05, 4.69) is 15.5 Å². The lowest BCUT2D eigenvalue weighted by molar-refractivity contribution is 0.0887. The van der Waals surface area contributed by atoms with Crippen molar-refractivity contribution in [3.63, 3.8) is 0 Å². The van der Waals surface area contributed by atoms with Crippen LogP contribution >= 0.6 is 0 Å².